The molecule has 2 rings (SSSR count). The molecule has 0 aliphatic heterocycles. The van der Waals surface area contributed by atoms with Gasteiger partial charge in [-0.15, -0.1) is 0 Å². The van der Waals surface area contributed by atoms with E-state index in [1.54, 1.807) is 7.11 Å². The third kappa shape index (κ3) is 2.81. The monoisotopic (exact) mass is 313 g/mol. The van der Waals surface area contributed by atoms with Gasteiger partial charge in [-0.2, -0.15) is 0 Å². The molecule has 0 unspecified atom stereocenters. The normalized spacial score (nSPS) is 16.3. The highest BCUT2D eigenvalue weighted by atomic mass is 79.9. The maximum absolute atomic E-state index is 6.17. The SMILES string of the molecule is COc1cc(Br)c(C(C)(C)N)cc1OC1CCC1. The van der Waals surface area contributed by atoms with E-state index in [1.807, 2.05) is 26.0 Å². The second-order valence-electron chi connectivity index (χ2n) is 5.38. The van der Waals surface area contributed by atoms with Crippen molar-refractivity contribution in [1.29, 1.82) is 0 Å². The topological polar surface area (TPSA) is 44.5 Å². The van der Waals surface area contributed by atoms with Crippen molar-refractivity contribution in [2.24, 2.45) is 5.73 Å². The van der Waals surface area contributed by atoms with Crippen LogP contribution in [0.25, 0.3) is 0 Å². The Balaban J connectivity index is 2.35. The standard InChI is InChI=1S/C14H20BrNO2/c1-14(2,16)10-7-13(18-9-5-4-6-9)12(17-3)8-11(10)15/h7-9H,4-6,16H2,1-3H3. The predicted molar refractivity (Wildman–Crippen MR) is 76.2 cm³/mol. The van der Waals surface area contributed by atoms with Gasteiger partial charge in [-0.1, -0.05) is 15.9 Å². The van der Waals surface area contributed by atoms with E-state index in [0.29, 0.717) is 6.10 Å². The zero-order chi connectivity index (χ0) is 13.3. The molecular formula is C14H20BrNO2. The van der Waals surface area contributed by atoms with Gasteiger partial charge in [0, 0.05) is 10.0 Å². The molecule has 1 aromatic carbocycles. The smallest absolute Gasteiger partial charge is 0.161 e. The third-order valence-electron chi connectivity index (χ3n) is 3.29. The maximum Gasteiger partial charge on any atom is 0.161 e. The third-order valence-corrected chi connectivity index (χ3v) is 3.95. The Hall–Kier alpha value is -0.740. The molecule has 1 saturated carbocycles. The largest absolute Gasteiger partial charge is 0.493 e. The molecule has 100 valence electrons. The number of nitrogens with two attached hydrogens (primary N) is 1. The van der Waals surface area contributed by atoms with Gasteiger partial charge >= 0.3 is 0 Å². The van der Waals surface area contributed by atoms with E-state index in [0.717, 1.165) is 34.4 Å². The summed E-state index contributed by atoms with van der Waals surface area (Å²) in [5, 5.41) is 0. The molecule has 1 aliphatic rings. The van der Waals surface area contributed by atoms with Crippen molar-refractivity contribution < 1.29 is 9.47 Å². The summed E-state index contributed by atoms with van der Waals surface area (Å²) in [7, 11) is 1.66. The minimum atomic E-state index is -0.414. The molecule has 18 heavy (non-hydrogen) atoms. The Bertz CT molecular complexity index is 436. The summed E-state index contributed by atoms with van der Waals surface area (Å²) in [6, 6.07) is 3.92. The first kappa shape index (κ1) is 13.7. The molecule has 0 bridgehead atoms. The molecule has 0 amide bonds. The highest BCUT2D eigenvalue weighted by molar-refractivity contribution is 9.10. The van der Waals surface area contributed by atoms with E-state index in [-0.39, 0.29) is 0 Å². The van der Waals surface area contributed by atoms with Gasteiger partial charge in [-0.05, 0) is 50.8 Å². The Labute approximate surface area is 117 Å². The molecule has 1 aliphatic carbocycles. The number of ether oxygens (including phenoxy) is 2. The van der Waals surface area contributed by atoms with Crippen LogP contribution in [0.3, 0.4) is 0 Å². The molecule has 0 saturated heterocycles. The summed E-state index contributed by atoms with van der Waals surface area (Å²) in [6.07, 6.45) is 3.83. The zero-order valence-corrected chi connectivity index (χ0v) is 12.7. The number of rotatable bonds is 4. The summed E-state index contributed by atoms with van der Waals surface area (Å²) in [5.41, 5.74) is 6.78. The van der Waals surface area contributed by atoms with E-state index in [1.165, 1.54) is 6.42 Å². The molecule has 0 aromatic heterocycles. The molecule has 2 N–H and O–H groups in total. The van der Waals surface area contributed by atoms with E-state index >= 15 is 0 Å². The van der Waals surface area contributed by atoms with Crippen LogP contribution >= 0.6 is 15.9 Å². The Kier molecular flexibility index (Phi) is 3.87. The average Bonchev–Trinajstić information content (AvgIpc) is 2.22. The first-order valence-electron chi connectivity index (χ1n) is 6.25. The summed E-state index contributed by atoms with van der Waals surface area (Å²) < 4.78 is 12.3. The van der Waals surface area contributed by atoms with Crippen molar-refractivity contribution >= 4 is 15.9 Å². The lowest BCUT2D eigenvalue weighted by Crippen LogP contribution is -2.30. The molecule has 0 atom stereocenters. The highest BCUT2D eigenvalue weighted by Crippen LogP contribution is 2.39. The molecule has 1 fully saturated rings. The molecular weight excluding hydrogens is 294 g/mol. The van der Waals surface area contributed by atoms with Gasteiger partial charge in [-0.3, -0.25) is 0 Å². The van der Waals surface area contributed by atoms with E-state index in [2.05, 4.69) is 15.9 Å². The molecule has 0 radical (unpaired) electrons. The van der Waals surface area contributed by atoms with Crippen molar-refractivity contribution in [2.75, 3.05) is 7.11 Å². The fourth-order valence-electron chi connectivity index (χ4n) is 1.95. The second kappa shape index (κ2) is 5.10. The van der Waals surface area contributed by atoms with Crippen LogP contribution in [0.1, 0.15) is 38.7 Å². The zero-order valence-electron chi connectivity index (χ0n) is 11.1. The van der Waals surface area contributed by atoms with E-state index in [4.69, 9.17) is 15.2 Å². The molecule has 4 heteroatoms. The van der Waals surface area contributed by atoms with E-state index in [9.17, 15) is 0 Å². The molecule has 1 aromatic rings. The van der Waals surface area contributed by atoms with Crippen molar-refractivity contribution in [3.8, 4) is 11.5 Å². The van der Waals surface area contributed by atoms with Gasteiger partial charge in [0.2, 0.25) is 0 Å². The Morgan fingerprint density at radius 1 is 1.28 bits per heavy atom. The predicted octanol–water partition coefficient (Wildman–Crippen LogP) is 3.58. The molecule has 0 spiro atoms. The average molecular weight is 314 g/mol. The van der Waals surface area contributed by atoms with Crippen LogP contribution in [0.2, 0.25) is 0 Å². The number of halogens is 1. The maximum atomic E-state index is 6.17. The molecule has 3 nitrogen and oxygen atoms in total. The van der Waals surface area contributed by atoms with Crippen LogP contribution < -0.4 is 15.2 Å². The highest BCUT2D eigenvalue weighted by Gasteiger charge is 2.24. The fourth-order valence-corrected chi connectivity index (χ4v) is 2.78. The van der Waals surface area contributed by atoms with Crippen molar-refractivity contribution in [3.63, 3.8) is 0 Å². The lowest BCUT2D eigenvalue weighted by atomic mass is 9.94. The lowest BCUT2D eigenvalue weighted by Gasteiger charge is -2.29. The lowest BCUT2D eigenvalue weighted by molar-refractivity contribution is 0.116. The number of benzene rings is 1. The van der Waals surface area contributed by atoms with Gasteiger partial charge in [0.05, 0.1) is 13.2 Å². The quantitative estimate of drug-likeness (QED) is 0.924. The van der Waals surface area contributed by atoms with Crippen molar-refractivity contribution in [2.45, 2.75) is 44.8 Å². The summed E-state index contributed by atoms with van der Waals surface area (Å²) in [4.78, 5) is 0. The number of hydrogen-bond acceptors (Lipinski definition) is 3. The van der Waals surface area contributed by atoms with Crippen LogP contribution in [0.5, 0.6) is 11.5 Å². The first-order valence-corrected chi connectivity index (χ1v) is 7.04. The number of methoxy groups -OCH3 is 1. The summed E-state index contributed by atoms with van der Waals surface area (Å²) in [5.74, 6) is 1.54. The number of hydrogen-bond donors (Lipinski definition) is 1. The minimum absolute atomic E-state index is 0.328. The van der Waals surface area contributed by atoms with Gasteiger partial charge in [0.15, 0.2) is 11.5 Å². The van der Waals surface area contributed by atoms with E-state index < -0.39 is 5.54 Å². The van der Waals surface area contributed by atoms with Crippen molar-refractivity contribution in [3.05, 3.63) is 22.2 Å². The minimum Gasteiger partial charge on any atom is -0.493 e. The Morgan fingerprint density at radius 2 is 1.94 bits per heavy atom. The second-order valence-corrected chi connectivity index (χ2v) is 6.23. The van der Waals surface area contributed by atoms with Gasteiger partial charge in [-0.25, -0.2) is 0 Å². The summed E-state index contributed by atoms with van der Waals surface area (Å²) >= 11 is 3.54. The summed E-state index contributed by atoms with van der Waals surface area (Å²) in [6.45, 7) is 3.96. The first-order chi connectivity index (χ1) is 8.41. The fraction of sp³-hybridized carbons (Fsp3) is 0.571. The van der Waals surface area contributed by atoms with Crippen LogP contribution in [-0.2, 0) is 5.54 Å². The molecule has 0 heterocycles. The van der Waals surface area contributed by atoms with Gasteiger partial charge in [0.1, 0.15) is 0 Å². The van der Waals surface area contributed by atoms with Crippen LogP contribution in [0.4, 0.5) is 0 Å². The van der Waals surface area contributed by atoms with Gasteiger partial charge in [0.25, 0.3) is 0 Å². The van der Waals surface area contributed by atoms with Crippen molar-refractivity contribution in [1.82, 2.24) is 0 Å². The van der Waals surface area contributed by atoms with Gasteiger partial charge < -0.3 is 15.2 Å². The Morgan fingerprint density at radius 3 is 2.39 bits per heavy atom. The van der Waals surface area contributed by atoms with Crippen LogP contribution in [0.15, 0.2) is 16.6 Å². The van der Waals surface area contributed by atoms with Crippen LogP contribution in [0, 0.1) is 0 Å². The van der Waals surface area contributed by atoms with Crippen LogP contribution in [-0.4, -0.2) is 13.2 Å².